The van der Waals surface area contributed by atoms with Gasteiger partial charge in [0, 0.05) is 17.4 Å². The lowest BCUT2D eigenvalue weighted by molar-refractivity contribution is 0.216. The molecule has 0 unspecified atom stereocenters. The minimum absolute atomic E-state index is 0.0220. The maximum Gasteiger partial charge on any atom is 0.213 e. The van der Waals surface area contributed by atoms with Crippen molar-refractivity contribution in [3.05, 3.63) is 23.4 Å². The molecule has 106 valence electrons. The van der Waals surface area contributed by atoms with E-state index in [0.717, 1.165) is 36.1 Å². The highest BCUT2D eigenvalue weighted by molar-refractivity contribution is 6.17. The normalized spacial score (nSPS) is 16.2. The zero-order chi connectivity index (χ0) is 13.9. The Balaban J connectivity index is 2.01. The van der Waals surface area contributed by atoms with Crippen molar-refractivity contribution in [2.45, 2.75) is 57.7 Å². The van der Waals surface area contributed by atoms with Crippen molar-refractivity contribution in [3.63, 3.8) is 0 Å². The zero-order valence-corrected chi connectivity index (χ0v) is 13.0. The van der Waals surface area contributed by atoms with Gasteiger partial charge in [-0.25, -0.2) is 4.98 Å². The fourth-order valence-electron chi connectivity index (χ4n) is 2.21. The van der Waals surface area contributed by atoms with E-state index in [1.165, 1.54) is 19.3 Å². The van der Waals surface area contributed by atoms with Crippen molar-refractivity contribution in [2.24, 2.45) is 5.92 Å². The van der Waals surface area contributed by atoms with Crippen LogP contribution in [0.4, 0.5) is 0 Å². The summed E-state index contributed by atoms with van der Waals surface area (Å²) in [5.74, 6) is 2.10. The van der Waals surface area contributed by atoms with Crippen LogP contribution in [0.3, 0.4) is 0 Å². The average molecular weight is 282 g/mol. The second-order valence-corrected chi connectivity index (χ2v) is 6.78. The van der Waals surface area contributed by atoms with Crippen LogP contribution in [0.1, 0.15) is 57.7 Å². The molecule has 1 fully saturated rings. The van der Waals surface area contributed by atoms with Crippen LogP contribution in [0, 0.1) is 5.92 Å². The number of rotatable bonds is 5. The molecule has 0 N–H and O–H groups in total. The van der Waals surface area contributed by atoms with Crippen molar-refractivity contribution in [1.82, 2.24) is 4.98 Å². The number of pyridine rings is 1. The van der Waals surface area contributed by atoms with Gasteiger partial charge in [0.15, 0.2) is 0 Å². The predicted molar refractivity (Wildman–Crippen MR) is 79.9 cm³/mol. The van der Waals surface area contributed by atoms with Gasteiger partial charge in [0.05, 0.1) is 12.3 Å². The Kier molecular flexibility index (Phi) is 4.72. The molecule has 19 heavy (non-hydrogen) atoms. The second kappa shape index (κ2) is 6.13. The van der Waals surface area contributed by atoms with Crippen molar-refractivity contribution < 1.29 is 4.74 Å². The monoisotopic (exact) mass is 281 g/mol. The van der Waals surface area contributed by atoms with Crippen LogP contribution < -0.4 is 4.74 Å². The summed E-state index contributed by atoms with van der Waals surface area (Å²) in [4.78, 5) is 4.61. The van der Waals surface area contributed by atoms with Crippen LogP contribution in [0.2, 0.25) is 0 Å². The molecule has 1 aliphatic rings. The molecule has 3 heteroatoms. The molecule has 1 saturated carbocycles. The van der Waals surface area contributed by atoms with Gasteiger partial charge in [-0.2, -0.15) is 0 Å². The lowest BCUT2D eigenvalue weighted by Gasteiger charge is -2.25. The Morgan fingerprint density at radius 3 is 2.58 bits per heavy atom. The number of halogens is 1. The third kappa shape index (κ3) is 4.10. The lowest BCUT2D eigenvalue weighted by atomic mass is 9.83. The third-order valence-corrected chi connectivity index (χ3v) is 4.09. The molecule has 1 aromatic heterocycles. The van der Waals surface area contributed by atoms with Crippen molar-refractivity contribution in [3.8, 4) is 5.88 Å². The van der Waals surface area contributed by atoms with E-state index >= 15 is 0 Å². The largest absolute Gasteiger partial charge is 0.478 e. The summed E-state index contributed by atoms with van der Waals surface area (Å²) in [7, 11) is 0. The van der Waals surface area contributed by atoms with E-state index in [2.05, 4.69) is 31.8 Å². The first-order valence-electron chi connectivity index (χ1n) is 7.19. The molecule has 0 amide bonds. The Morgan fingerprint density at radius 2 is 2.05 bits per heavy atom. The van der Waals surface area contributed by atoms with Crippen LogP contribution in [0.15, 0.2) is 12.1 Å². The molecule has 0 aliphatic heterocycles. The summed E-state index contributed by atoms with van der Waals surface area (Å²) in [6.07, 6.45) is 5.27. The van der Waals surface area contributed by atoms with Gasteiger partial charge >= 0.3 is 0 Å². The van der Waals surface area contributed by atoms with E-state index in [1.54, 1.807) is 0 Å². The molecule has 0 atom stereocenters. The van der Waals surface area contributed by atoms with Gasteiger partial charge in [0.25, 0.3) is 0 Å². The summed E-state index contributed by atoms with van der Waals surface area (Å²) in [6, 6.07) is 4.04. The average Bonchev–Trinajstić information content (AvgIpc) is 2.31. The van der Waals surface area contributed by atoms with E-state index in [1.807, 2.05) is 6.07 Å². The van der Waals surface area contributed by atoms with Crippen LogP contribution in [-0.4, -0.2) is 11.6 Å². The fraction of sp³-hybridized carbons (Fsp3) is 0.688. The van der Waals surface area contributed by atoms with Gasteiger partial charge in [0.1, 0.15) is 0 Å². The molecule has 2 nitrogen and oxygen atoms in total. The highest BCUT2D eigenvalue weighted by Crippen LogP contribution is 2.30. The molecule has 0 radical (unpaired) electrons. The summed E-state index contributed by atoms with van der Waals surface area (Å²) in [5, 5.41) is 0. The third-order valence-electron chi connectivity index (χ3n) is 3.79. The van der Waals surface area contributed by atoms with E-state index in [-0.39, 0.29) is 5.41 Å². The smallest absolute Gasteiger partial charge is 0.213 e. The van der Waals surface area contributed by atoms with Gasteiger partial charge in [-0.15, -0.1) is 11.6 Å². The van der Waals surface area contributed by atoms with Crippen LogP contribution in [-0.2, 0) is 11.3 Å². The predicted octanol–water partition coefficient (Wildman–Crippen LogP) is 4.69. The molecular formula is C16H24ClNO. The summed E-state index contributed by atoms with van der Waals surface area (Å²) >= 11 is 5.95. The Morgan fingerprint density at radius 1 is 1.32 bits per heavy atom. The van der Waals surface area contributed by atoms with E-state index in [4.69, 9.17) is 16.3 Å². The Hall–Kier alpha value is -0.760. The first-order chi connectivity index (χ1) is 8.99. The summed E-state index contributed by atoms with van der Waals surface area (Å²) in [6.45, 7) is 7.25. The standard InChI is InChI=1S/C16H24ClNO/c1-16(2,3)14-9-13(11-17)10-15(18-14)19-8-7-12-5-4-6-12/h9-10,12H,4-8,11H2,1-3H3. The minimum Gasteiger partial charge on any atom is -0.478 e. The van der Waals surface area contributed by atoms with Gasteiger partial charge in [0.2, 0.25) is 5.88 Å². The van der Waals surface area contributed by atoms with Gasteiger partial charge in [-0.05, 0) is 24.0 Å². The van der Waals surface area contributed by atoms with Gasteiger partial charge < -0.3 is 4.74 Å². The Bertz CT molecular complexity index is 421. The molecule has 1 aliphatic carbocycles. The summed E-state index contributed by atoms with van der Waals surface area (Å²) in [5.41, 5.74) is 2.15. The number of hydrogen-bond donors (Lipinski definition) is 0. The highest BCUT2D eigenvalue weighted by atomic mass is 35.5. The number of hydrogen-bond acceptors (Lipinski definition) is 2. The van der Waals surface area contributed by atoms with Crippen molar-refractivity contribution in [1.29, 1.82) is 0 Å². The lowest BCUT2D eigenvalue weighted by Crippen LogP contribution is -2.17. The van der Waals surface area contributed by atoms with Crippen LogP contribution in [0.5, 0.6) is 5.88 Å². The maximum absolute atomic E-state index is 5.95. The molecule has 0 bridgehead atoms. The second-order valence-electron chi connectivity index (χ2n) is 6.52. The SMILES string of the molecule is CC(C)(C)c1cc(CCl)cc(OCCC2CCC2)n1. The topological polar surface area (TPSA) is 22.1 Å². The number of nitrogens with zero attached hydrogens (tertiary/aromatic N) is 1. The number of ether oxygens (including phenoxy) is 1. The van der Waals surface area contributed by atoms with Crippen molar-refractivity contribution >= 4 is 11.6 Å². The Labute approximate surface area is 121 Å². The molecule has 1 heterocycles. The van der Waals surface area contributed by atoms with E-state index in [0.29, 0.717) is 5.88 Å². The van der Waals surface area contributed by atoms with Gasteiger partial charge in [-0.3, -0.25) is 0 Å². The zero-order valence-electron chi connectivity index (χ0n) is 12.2. The molecule has 2 rings (SSSR count). The highest BCUT2D eigenvalue weighted by Gasteiger charge is 2.19. The van der Waals surface area contributed by atoms with Crippen LogP contribution in [0.25, 0.3) is 0 Å². The van der Waals surface area contributed by atoms with Crippen LogP contribution >= 0.6 is 11.6 Å². The first kappa shape index (κ1) is 14.6. The van der Waals surface area contributed by atoms with Gasteiger partial charge in [-0.1, -0.05) is 40.0 Å². The molecule has 0 spiro atoms. The van der Waals surface area contributed by atoms with E-state index in [9.17, 15) is 0 Å². The molecular weight excluding hydrogens is 258 g/mol. The minimum atomic E-state index is 0.0220. The first-order valence-corrected chi connectivity index (χ1v) is 7.72. The number of alkyl halides is 1. The molecule has 1 aromatic rings. The quantitative estimate of drug-likeness (QED) is 0.731. The maximum atomic E-state index is 5.95. The molecule has 0 aromatic carbocycles. The molecule has 0 saturated heterocycles. The van der Waals surface area contributed by atoms with E-state index < -0.39 is 0 Å². The number of aromatic nitrogens is 1. The van der Waals surface area contributed by atoms with Crippen molar-refractivity contribution in [2.75, 3.05) is 6.61 Å². The fourth-order valence-corrected chi connectivity index (χ4v) is 2.36. The summed E-state index contributed by atoms with van der Waals surface area (Å²) < 4.78 is 5.82.